The molecule has 0 amide bonds. The van der Waals surface area contributed by atoms with Crippen molar-refractivity contribution in [1.82, 2.24) is 15.2 Å². The fourth-order valence-electron chi connectivity index (χ4n) is 2.13. The summed E-state index contributed by atoms with van der Waals surface area (Å²) in [4.78, 5) is 0. The molecular formula is C13H16Br2N4O. The van der Waals surface area contributed by atoms with Gasteiger partial charge in [0, 0.05) is 15.5 Å². The van der Waals surface area contributed by atoms with Crippen LogP contribution in [-0.4, -0.2) is 16.9 Å². The van der Waals surface area contributed by atoms with Gasteiger partial charge in [0.15, 0.2) is 5.75 Å². The summed E-state index contributed by atoms with van der Waals surface area (Å²) >= 11 is 7.05. The first kappa shape index (κ1) is 15.5. The molecule has 0 aliphatic rings. The second-order valence-corrected chi connectivity index (χ2v) is 5.95. The Balaban J connectivity index is 2.57. The first-order valence-electron chi connectivity index (χ1n) is 6.13. The third-order valence-corrected chi connectivity index (χ3v) is 4.29. The van der Waals surface area contributed by atoms with Gasteiger partial charge in [0.25, 0.3) is 0 Å². The monoisotopic (exact) mass is 402 g/mol. The van der Waals surface area contributed by atoms with Crippen molar-refractivity contribution in [1.29, 1.82) is 0 Å². The molecule has 0 aliphatic heterocycles. The van der Waals surface area contributed by atoms with E-state index in [1.807, 2.05) is 29.8 Å². The molecule has 20 heavy (non-hydrogen) atoms. The number of methoxy groups -OCH3 is 1. The minimum absolute atomic E-state index is 0.223. The van der Waals surface area contributed by atoms with Crippen molar-refractivity contribution >= 4 is 31.9 Å². The van der Waals surface area contributed by atoms with Gasteiger partial charge in [-0.25, -0.2) is 5.43 Å². The van der Waals surface area contributed by atoms with Gasteiger partial charge in [0.2, 0.25) is 0 Å². The lowest BCUT2D eigenvalue weighted by Gasteiger charge is -2.20. The summed E-state index contributed by atoms with van der Waals surface area (Å²) in [5, 5.41) is 4.32. The predicted octanol–water partition coefficient (Wildman–Crippen LogP) is 2.99. The van der Waals surface area contributed by atoms with E-state index in [1.165, 1.54) is 0 Å². The van der Waals surface area contributed by atoms with Crippen molar-refractivity contribution in [3.05, 3.63) is 44.6 Å². The van der Waals surface area contributed by atoms with Crippen LogP contribution in [0.25, 0.3) is 0 Å². The van der Waals surface area contributed by atoms with Crippen molar-refractivity contribution in [2.24, 2.45) is 5.84 Å². The number of halogens is 2. The molecule has 2 rings (SSSR count). The number of hydrogen-bond acceptors (Lipinski definition) is 4. The number of nitrogens with zero attached hydrogens (tertiary/aromatic N) is 2. The largest absolute Gasteiger partial charge is 0.493 e. The average Bonchev–Trinajstić information content (AvgIpc) is 2.86. The number of aryl methyl sites for hydroxylation is 1. The van der Waals surface area contributed by atoms with Gasteiger partial charge < -0.3 is 4.74 Å². The van der Waals surface area contributed by atoms with Crippen molar-refractivity contribution in [2.45, 2.75) is 19.5 Å². The molecule has 1 unspecified atom stereocenters. The summed E-state index contributed by atoms with van der Waals surface area (Å²) in [7, 11) is 1.63. The van der Waals surface area contributed by atoms with Gasteiger partial charge in [0.1, 0.15) is 5.69 Å². The lowest BCUT2D eigenvalue weighted by atomic mass is 10.0. The Morgan fingerprint density at radius 3 is 2.80 bits per heavy atom. The van der Waals surface area contributed by atoms with E-state index in [9.17, 15) is 0 Å². The van der Waals surface area contributed by atoms with Gasteiger partial charge in [0.05, 0.1) is 19.3 Å². The molecule has 0 bridgehead atoms. The first-order chi connectivity index (χ1) is 9.62. The summed E-state index contributed by atoms with van der Waals surface area (Å²) in [6.07, 6.45) is 1.70. The molecule has 1 atom stereocenters. The normalized spacial score (nSPS) is 12.4. The Kier molecular flexibility index (Phi) is 5.20. The number of ether oxygens (including phenoxy) is 1. The molecule has 0 aliphatic carbocycles. The Labute approximate surface area is 134 Å². The molecule has 1 aromatic heterocycles. The zero-order valence-corrected chi connectivity index (χ0v) is 14.4. The number of benzene rings is 1. The smallest absolute Gasteiger partial charge is 0.161 e. The summed E-state index contributed by atoms with van der Waals surface area (Å²) in [6, 6.07) is 5.73. The maximum atomic E-state index is 5.78. The van der Waals surface area contributed by atoms with Crippen LogP contribution in [0.4, 0.5) is 0 Å². The van der Waals surface area contributed by atoms with Crippen molar-refractivity contribution in [2.75, 3.05) is 7.11 Å². The number of hydrazine groups is 1. The van der Waals surface area contributed by atoms with Crippen LogP contribution in [-0.2, 0) is 6.54 Å². The molecule has 1 heterocycles. The maximum Gasteiger partial charge on any atom is 0.161 e. The van der Waals surface area contributed by atoms with Crippen LogP contribution in [0.5, 0.6) is 5.75 Å². The fourth-order valence-corrected chi connectivity index (χ4v) is 2.98. The molecule has 5 nitrogen and oxygen atoms in total. The molecule has 0 saturated carbocycles. The second-order valence-electron chi connectivity index (χ2n) is 4.18. The van der Waals surface area contributed by atoms with E-state index in [-0.39, 0.29) is 6.04 Å². The van der Waals surface area contributed by atoms with Crippen LogP contribution in [0.15, 0.2) is 33.3 Å². The zero-order valence-electron chi connectivity index (χ0n) is 11.2. The molecule has 108 valence electrons. The van der Waals surface area contributed by atoms with Gasteiger partial charge in [-0.2, -0.15) is 5.10 Å². The minimum Gasteiger partial charge on any atom is -0.493 e. The third kappa shape index (κ3) is 2.90. The molecular weight excluding hydrogens is 388 g/mol. The van der Waals surface area contributed by atoms with E-state index in [4.69, 9.17) is 10.6 Å². The van der Waals surface area contributed by atoms with E-state index < -0.39 is 0 Å². The highest BCUT2D eigenvalue weighted by Gasteiger charge is 2.24. The minimum atomic E-state index is -0.223. The van der Waals surface area contributed by atoms with Gasteiger partial charge in [-0.1, -0.05) is 31.9 Å². The second kappa shape index (κ2) is 6.71. The van der Waals surface area contributed by atoms with Crippen molar-refractivity contribution in [3.63, 3.8) is 0 Å². The summed E-state index contributed by atoms with van der Waals surface area (Å²) in [5.41, 5.74) is 4.76. The van der Waals surface area contributed by atoms with Gasteiger partial charge in [-0.3, -0.25) is 10.5 Å². The topological polar surface area (TPSA) is 65.1 Å². The Hall–Kier alpha value is -0.890. The van der Waals surface area contributed by atoms with Crippen LogP contribution in [0.2, 0.25) is 0 Å². The van der Waals surface area contributed by atoms with Crippen LogP contribution < -0.4 is 16.0 Å². The number of rotatable bonds is 5. The average molecular weight is 404 g/mol. The molecule has 0 radical (unpaired) electrons. The highest BCUT2D eigenvalue weighted by molar-refractivity contribution is 9.11. The standard InChI is InChI=1S/C13H16Br2N4O/c1-3-19-13(11(20-2)7-17-19)12(18-16)9-6-8(14)4-5-10(9)15/h4-7,12,18H,3,16H2,1-2H3. The molecule has 0 saturated heterocycles. The Bertz CT molecular complexity index is 579. The van der Waals surface area contributed by atoms with Crippen LogP contribution >= 0.6 is 31.9 Å². The van der Waals surface area contributed by atoms with E-state index in [1.54, 1.807) is 13.3 Å². The van der Waals surface area contributed by atoms with E-state index in [2.05, 4.69) is 42.4 Å². The van der Waals surface area contributed by atoms with Crippen molar-refractivity contribution < 1.29 is 4.74 Å². The molecule has 2 aromatic rings. The lowest BCUT2D eigenvalue weighted by molar-refractivity contribution is 0.399. The molecule has 0 spiro atoms. The van der Waals surface area contributed by atoms with E-state index in [0.29, 0.717) is 5.75 Å². The maximum absolute atomic E-state index is 5.78. The third-order valence-electron chi connectivity index (χ3n) is 3.07. The molecule has 3 N–H and O–H groups in total. The SMILES string of the molecule is CCn1ncc(OC)c1C(NN)c1cc(Br)ccc1Br. The lowest BCUT2D eigenvalue weighted by Crippen LogP contribution is -2.31. The summed E-state index contributed by atoms with van der Waals surface area (Å²) in [5.74, 6) is 6.49. The molecule has 1 aromatic carbocycles. The van der Waals surface area contributed by atoms with E-state index in [0.717, 1.165) is 26.7 Å². The van der Waals surface area contributed by atoms with E-state index >= 15 is 0 Å². The van der Waals surface area contributed by atoms with Crippen LogP contribution in [0.1, 0.15) is 24.2 Å². The van der Waals surface area contributed by atoms with Crippen molar-refractivity contribution in [3.8, 4) is 5.75 Å². The van der Waals surface area contributed by atoms with Gasteiger partial charge in [-0.15, -0.1) is 0 Å². The zero-order chi connectivity index (χ0) is 14.7. The fraction of sp³-hybridized carbons (Fsp3) is 0.308. The number of nitrogens with two attached hydrogens (primary N) is 1. The number of hydrogen-bond donors (Lipinski definition) is 2. The number of nitrogens with one attached hydrogen (secondary N) is 1. The predicted molar refractivity (Wildman–Crippen MR) is 85.5 cm³/mol. The Morgan fingerprint density at radius 1 is 1.45 bits per heavy atom. The van der Waals surface area contributed by atoms with Crippen LogP contribution in [0.3, 0.4) is 0 Å². The molecule has 7 heteroatoms. The quantitative estimate of drug-likeness (QED) is 0.594. The first-order valence-corrected chi connectivity index (χ1v) is 7.71. The van der Waals surface area contributed by atoms with Crippen LogP contribution in [0, 0.1) is 0 Å². The van der Waals surface area contributed by atoms with Gasteiger partial charge >= 0.3 is 0 Å². The summed E-state index contributed by atoms with van der Waals surface area (Å²) in [6.45, 7) is 2.77. The Morgan fingerprint density at radius 2 is 2.20 bits per heavy atom. The highest BCUT2D eigenvalue weighted by atomic mass is 79.9. The summed E-state index contributed by atoms with van der Waals surface area (Å²) < 4.78 is 9.22. The number of aromatic nitrogens is 2. The molecule has 0 fully saturated rings. The highest BCUT2D eigenvalue weighted by Crippen LogP contribution is 2.34. The van der Waals surface area contributed by atoms with Gasteiger partial charge in [-0.05, 0) is 30.7 Å².